The van der Waals surface area contributed by atoms with Crippen molar-refractivity contribution in [2.45, 2.75) is 84.0 Å². The van der Waals surface area contributed by atoms with E-state index < -0.39 is 17.8 Å². The van der Waals surface area contributed by atoms with Crippen LogP contribution in [0.5, 0.6) is 0 Å². The first-order valence-electron chi connectivity index (χ1n) is 14.0. The minimum atomic E-state index is -1.11. The molecule has 0 spiro atoms. The lowest BCUT2D eigenvalue weighted by Crippen LogP contribution is -2.41. The number of pyridine rings is 1. The van der Waals surface area contributed by atoms with Crippen molar-refractivity contribution >= 4 is 17.6 Å². The minimum absolute atomic E-state index is 0.0369. The molecular formula is C29H45FN6O3. The molecule has 0 unspecified atom stereocenters. The molecule has 2 aromatic heterocycles. The highest BCUT2D eigenvalue weighted by Gasteiger charge is 2.27. The molecule has 0 bridgehead atoms. The van der Waals surface area contributed by atoms with E-state index in [-0.39, 0.29) is 19.1 Å². The Morgan fingerprint density at radius 3 is 2.77 bits per heavy atom. The van der Waals surface area contributed by atoms with E-state index in [0.717, 1.165) is 55.9 Å². The van der Waals surface area contributed by atoms with Gasteiger partial charge in [-0.25, -0.2) is 19.2 Å². The summed E-state index contributed by atoms with van der Waals surface area (Å²) in [5, 5.41) is 6.57. The smallest absolute Gasteiger partial charge is 0.329 e. The molecule has 3 heterocycles. The summed E-state index contributed by atoms with van der Waals surface area (Å²) < 4.78 is 25.3. The Morgan fingerprint density at radius 2 is 2.03 bits per heavy atom. The number of unbranched alkanes of at least 4 members (excludes halogenated alkanes) is 1. The van der Waals surface area contributed by atoms with Crippen LogP contribution in [0.3, 0.4) is 0 Å². The van der Waals surface area contributed by atoms with Gasteiger partial charge in [0.25, 0.3) is 0 Å². The largest absolute Gasteiger partial charge is 0.458 e. The van der Waals surface area contributed by atoms with Crippen molar-refractivity contribution in [3.8, 4) is 0 Å². The number of hydrogen-bond acceptors (Lipinski definition) is 9. The normalized spacial score (nSPS) is 14.8. The van der Waals surface area contributed by atoms with Gasteiger partial charge in [-0.1, -0.05) is 6.07 Å². The molecular weight excluding hydrogens is 499 g/mol. The van der Waals surface area contributed by atoms with Crippen LogP contribution in [0.15, 0.2) is 24.5 Å². The molecule has 0 aliphatic carbocycles. The molecule has 0 saturated carbocycles. The molecule has 0 radical (unpaired) electrons. The van der Waals surface area contributed by atoms with Crippen molar-refractivity contribution in [2.24, 2.45) is 0 Å². The van der Waals surface area contributed by atoms with Gasteiger partial charge < -0.3 is 25.0 Å². The Hall–Kier alpha value is -2.85. The number of aromatic nitrogens is 3. The van der Waals surface area contributed by atoms with E-state index in [1.165, 1.54) is 12.7 Å². The van der Waals surface area contributed by atoms with Gasteiger partial charge in [-0.15, -0.1) is 0 Å². The lowest BCUT2D eigenvalue weighted by Gasteiger charge is -2.28. The Morgan fingerprint density at radius 1 is 1.21 bits per heavy atom. The quantitative estimate of drug-likeness (QED) is 0.250. The molecule has 2 atom stereocenters. The van der Waals surface area contributed by atoms with Gasteiger partial charge in [0.05, 0.1) is 18.5 Å². The Balaban J connectivity index is 1.59. The zero-order chi connectivity index (χ0) is 28.3. The van der Waals surface area contributed by atoms with E-state index in [9.17, 15) is 9.18 Å². The molecule has 1 aliphatic rings. The second kappa shape index (κ2) is 15.1. The summed E-state index contributed by atoms with van der Waals surface area (Å²) in [6, 6.07) is 3.65. The van der Waals surface area contributed by atoms with Gasteiger partial charge >= 0.3 is 5.97 Å². The third-order valence-electron chi connectivity index (χ3n) is 6.42. The highest BCUT2D eigenvalue weighted by atomic mass is 19.1. The summed E-state index contributed by atoms with van der Waals surface area (Å²) in [5.41, 5.74) is 2.48. The number of nitrogens with zero attached hydrogens (tertiary/aromatic N) is 4. The number of halogens is 1. The van der Waals surface area contributed by atoms with Gasteiger partial charge in [0.2, 0.25) is 0 Å². The van der Waals surface area contributed by atoms with Gasteiger partial charge in [0, 0.05) is 38.6 Å². The third-order valence-corrected chi connectivity index (χ3v) is 6.42. The number of aryl methyl sites for hydroxylation is 3. The topological polar surface area (TPSA) is 102 Å². The molecule has 2 N–H and O–H groups in total. The molecule has 39 heavy (non-hydrogen) atoms. The first-order chi connectivity index (χ1) is 18.6. The van der Waals surface area contributed by atoms with Crippen LogP contribution in [0.4, 0.5) is 16.0 Å². The van der Waals surface area contributed by atoms with Crippen LogP contribution in [0.1, 0.15) is 63.4 Å². The van der Waals surface area contributed by atoms with Gasteiger partial charge in [0.1, 0.15) is 29.5 Å². The highest BCUT2D eigenvalue weighted by molar-refractivity contribution is 5.79. The minimum Gasteiger partial charge on any atom is -0.458 e. The summed E-state index contributed by atoms with van der Waals surface area (Å²) in [6.07, 6.45) is 7.48. The first-order valence-corrected chi connectivity index (χ1v) is 14.0. The molecule has 3 rings (SSSR count). The number of esters is 1. The number of hydrogen-bond donors (Lipinski definition) is 2. The van der Waals surface area contributed by atoms with E-state index in [1.54, 1.807) is 12.4 Å². The molecule has 0 amide bonds. The number of nitrogens with one attached hydrogen (secondary N) is 2. The van der Waals surface area contributed by atoms with Crippen LogP contribution in [0, 0.1) is 6.92 Å². The number of rotatable bonds is 15. The maximum Gasteiger partial charge on any atom is 0.329 e. The van der Waals surface area contributed by atoms with Crippen molar-refractivity contribution in [3.63, 3.8) is 0 Å². The van der Waals surface area contributed by atoms with Gasteiger partial charge in [-0.2, -0.15) is 0 Å². The van der Waals surface area contributed by atoms with E-state index in [1.807, 2.05) is 27.7 Å². The maximum absolute atomic E-state index is 14.6. The molecule has 9 nitrogen and oxygen atoms in total. The predicted molar refractivity (Wildman–Crippen MR) is 152 cm³/mol. The number of methoxy groups -OCH3 is 1. The lowest BCUT2D eigenvalue weighted by molar-refractivity contribution is -0.156. The van der Waals surface area contributed by atoms with E-state index in [0.29, 0.717) is 25.3 Å². The van der Waals surface area contributed by atoms with Gasteiger partial charge in [-0.05, 0) is 84.4 Å². The average Bonchev–Trinajstić information content (AvgIpc) is 2.87. The molecule has 216 valence electrons. The molecule has 2 aromatic rings. The van der Waals surface area contributed by atoms with E-state index >= 15 is 0 Å². The van der Waals surface area contributed by atoms with Crippen LogP contribution < -0.4 is 10.6 Å². The molecule has 1 aliphatic heterocycles. The van der Waals surface area contributed by atoms with Crippen molar-refractivity contribution in [1.29, 1.82) is 0 Å². The Labute approximate surface area is 232 Å². The SMILES string of the molecule is COC[C@@H](F)CN(CCCCc1ccc2c(n1)NCCC2)CC[C@H](Nc1cncc(C)n1)C(=O)OC(C)(C)C. The number of fused-ring (bicyclic) bond motifs is 1. The fourth-order valence-corrected chi connectivity index (χ4v) is 4.60. The molecule has 0 saturated heterocycles. The van der Waals surface area contributed by atoms with Crippen LogP contribution in [0.25, 0.3) is 0 Å². The van der Waals surface area contributed by atoms with Gasteiger partial charge in [0.15, 0.2) is 0 Å². The maximum atomic E-state index is 14.6. The summed E-state index contributed by atoms with van der Waals surface area (Å²) >= 11 is 0. The van der Waals surface area contributed by atoms with Crippen LogP contribution in [-0.2, 0) is 27.1 Å². The molecule has 0 aromatic carbocycles. The first kappa shape index (κ1) is 30.7. The van der Waals surface area contributed by atoms with Crippen molar-refractivity contribution < 1.29 is 18.7 Å². The average molecular weight is 545 g/mol. The van der Waals surface area contributed by atoms with Gasteiger partial charge in [-0.3, -0.25) is 4.98 Å². The fraction of sp³-hybridized carbons (Fsp3) is 0.655. The highest BCUT2D eigenvalue weighted by Crippen LogP contribution is 2.20. The monoisotopic (exact) mass is 544 g/mol. The standard InChI is InChI=1S/C29H45FN6O3/c1-21-17-31-18-26(33-21)35-25(28(37)39-29(2,3)4)13-16-36(19-23(30)20-38-5)15-7-6-10-24-12-11-22-9-8-14-32-27(22)34-24/h11-12,17-18,23,25H,6-10,13-16,19-20H2,1-5H3,(H,32,34)(H,33,35)/t23-,25-/m0/s1. The second-order valence-corrected chi connectivity index (χ2v) is 11.2. The van der Waals surface area contributed by atoms with E-state index in [2.05, 4.69) is 37.6 Å². The van der Waals surface area contributed by atoms with Crippen LogP contribution >= 0.6 is 0 Å². The summed E-state index contributed by atoms with van der Waals surface area (Å²) in [4.78, 5) is 28.5. The van der Waals surface area contributed by atoms with E-state index in [4.69, 9.17) is 14.5 Å². The molecule has 0 fully saturated rings. The molecule has 10 heteroatoms. The lowest BCUT2D eigenvalue weighted by atomic mass is 10.1. The van der Waals surface area contributed by atoms with Crippen molar-refractivity contribution in [1.82, 2.24) is 19.9 Å². The zero-order valence-corrected chi connectivity index (χ0v) is 24.1. The summed E-state index contributed by atoms with van der Waals surface area (Å²) in [6.45, 7) is 9.83. The van der Waals surface area contributed by atoms with Crippen molar-refractivity contribution in [3.05, 3.63) is 41.5 Å². The predicted octanol–water partition coefficient (Wildman–Crippen LogP) is 4.36. The second-order valence-electron chi connectivity index (χ2n) is 11.2. The Kier molecular flexibility index (Phi) is 11.9. The number of anilines is 2. The number of alkyl halides is 1. The summed E-state index contributed by atoms with van der Waals surface area (Å²) in [5.74, 6) is 1.15. The van der Waals surface area contributed by atoms with Crippen molar-refractivity contribution in [2.75, 3.05) is 50.5 Å². The summed E-state index contributed by atoms with van der Waals surface area (Å²) in [7, 11) is 1.50. The Bertz CT molecular complexity index is 1050. The number of carbonyl (C=O) groups excluding carboxylic acids is 1. The number of ether oxygens (including phenoxy) is 2. The zero-order valence-electron chi connectivity index (χ0n) is 24.1. The number of carbonyl (C=O) groups is 1. The van der Waals surface area contributed by atoms with Crippen LogP contribution in [-0.4, -0.2) is 83.5 Å². The fourth-order valence-electron chi connectivity index (χ4n) is 4.60. The third kappa shape index (κ3) is 11.0. The van der Waals surface area contributed by atoms with Crippen LogP contribution in [0.2, 0.25) is 0 Å².